The van der Waals surface area contributed by atoms with Crippen molar-refractivity contribution in [2.75, 3.05) is 11.0 Å². The lowest BCUT2D eigenvalue weighted by Crippen LogP contribution is -2.18. The minimum Gasteiger partial charge on any atom is -0.389 e. The SMILES string of the molecule is Cn1nnc(-c2cc(F)c(NS(C)(=O)=O)cn2)c1OC(N)=O. The summed E-state index contributed by atoms with van der Waals surface area (Å²) >= 11 is 0. The molecule has 0 fully saturated rings. The van der Waals surface area contributed by atoms with E-state index >= 15 is 0 Å². The molecule has 0 atom stereocenters. The maximum atomic E-state index is 13.9. The van der Waals surface area contributed by atoms with E-state index in [2.05, 4.69) is 15.3 Å². The van der Waals surface area contributed by atoms with Crippen molar-refractivity contribution in [1.82, 2.24) is 20.0 Å². The third-order valence-corrected chi connectivity index (χ3v) is 2.95. The van der Waals surface area contributed by atoms with Gasteiger partial charge < -0.3 is 10.5 Å². The fourth-order valence-electron chi connectivity index (χ4n) is 1.55. The number of aryl methyl sites for hydroxylation is 1. The molecule has 0 saturated carbocycles. The topological polar surface area (TPSA) is 142 Å². The first-order chi connectivity index (χ1) is 10.2. The molecule has 0 bridgehead atoms. The number of pyridine rings is 1. The third kappa shape index (κ3) is 3.46. The minimum absolute atomic E-state index is 0.0131. The van der Waals surface area contributed by atoms with E-state index in [0.29, 0.717) is 0 Å². The molecule has 2 aromatic heterocycles. The molecule has 0 aliphatic carbocycles. The molecule has 0 aliphatic heterocycles. The zero-order valence-corrected chi connectivity index (χ0v) is 12.3. The van der Waals surface area contributed by atoms with Gasteiger partial charge in [0.05, 0.1) is 18.1 Å². The zero-order chi connectivity index (χ0) is 16.5. The van der Waals surface area contributed by atoms with Crippen LogP contribution in [0.4, 0.5) is 14.9 Å². The molecular formula is C10H11FN6O4S. The van der Waals surface area contributed by atoms with Gasteiger partial charge in [-0.25, -0.2) is 22.3 Å². The molecule has 2 rings (SSSR count). The van der Waals surface area contributed by atoms with Crippen molar-refractivity contribution >= 4 is 21.8 Å². The van der Waals surface area contributed by atoms with Gasteiger partial charge in [0, 0.05) is 13.1 Å². The lowest BCUT2D eigenvalue weighted by atomic mass is 10.2. The number of aromatic nitrogens is 4. The fraction of sp³-hybridized carbons (Fsp3) is 0.200. The molecule has 0 saturated heterocycles. The Morgan fingerprint density at radius 3 is 2.73 bits per heavy atom. The second kappa shape index (κ2) is 5.55. The van der Waals surface area contributed by atoms with Gasteiger partial charge in [0.15, 0.2) is 11.5 Å². The van der Waals surface area contributed by atoms with Crippen LogP contribution in [0.5, 0.6) is 5.88 Å². The van der Waals surface area contributed by atoms with Crippen LogP contribution in [0.25, 0.3) is 11.4 Å². The summed E-state index contributed by atoms with van der Waals surface area (Å²) in [6.45, 7) is 0. The Bertz CT molecular complexity index is 834. The lowest BCUT2D eigenvalue weighted by molar-refractivity contribution is 0.207. The van der Waals surface area contributed by atoms with Gasteiger partial charge in [-0.15, -0.1) is 5.10 Å². The van der Waals surface area contributed by atoms with Crippen molar-refractivity contribution < 1.29 is 22.3 Å². The summed E-state index contributed by atoms with van der Waals surface area (Å²) in [6.07, 6.45) is 0.749. The molecule has 0 spiro atoms. The molecule has 10 nitrogen and oxygen atoms in total. The monoisotopic (exact) mass is 330 g/mol. The Hall–Kier alpha value is -2.76. The second-order valence-corrected chi connectivity index (χ2v) is 5.96. The van der Waals surface area contributed by atoms with Gasteiger partial charge in [-0.05, 0) is 0 Å². The van der Waals surface area contributed by atoms with E-state index in [4.69, 9.17) is 10.5 Å². The van der Waals surface area contributed by atoms with Crippen LogP contribution in [0, 0.1) is 5.82 Å². The predicted molar refractivity (Wildman–Crippen MR) is 72.9 cm³/mol. The van der Waals surface area contributed by atoms with Crippen molar-refractivity contribution in [3.63, 3.8) is 0 Å². The zero-order valence-electron chi connectivity index (χ0n) is 11.4. The highest BCUT2D eigenvalue weighted by molar-refractivity contribution is 7.92. The van der Waals surface area contributed by atoms with Crippen molar-refractivity contribution in [2.45, 2.75) is 0 Å². The first-order valence-corrected chi connectivity index (χ1v) is 7.57. The number of amides is 1. The third-order valence-electron chi connectivity index (χ3n) is 2.36. The lowest BCUT2D eigenvalue weighted by Gasteiger charge is -2.06. The molecule has 3 N–H and O–H groups in total. The van der Waals surface area contributed by atoms with Crippen LogP contribution in [-0.2, 0) is 17.1 Å². The number of hydrogen-bond acceptors (Lipinski definition) is 7. The first kappa shape index (κ1) is 15.6. The summed E-state index contributed by atoms with van der Waals surface area (Å²) in [7, 11) is -2.21. The number of primary amides is 1. The quantitative estimate of drug-likeness (QED) is 0.793. The van der Waals surface area contributed by atoms with Crippen molar-refractivity contribution in [1.29, 1.82) is 0 Å². The van der Waals surface area contributed by atoms with Crippen LogP contribution in [0.3, 0.4) is 0 Å². The van der Waals surface area contributed by atoms with Gasteiger partial charge >= 0.3 is 6.09 Å². The molecule has 22 heavy (non-hydrogen) atoms. The highest BCUT2D eigenvalue weighted by Gasteiger charge is 2.19. The Labute approximate surface area is 124 Å². The second-order valence-electron chi connectivity index (χ2n) is 4.21. The molecule has 0 radical (unpaired) electrons. The number of rotatable bonds is 4. The Morgan fingerprint density at radius 2 is 2.18 bits per heavy atom. The number of nitrogens with one attached hydrogen (secondary N) is 1. The van der Waals surface area contributed by atoms with Gasteiger partial charge in [0.2, 0.25) is 10.0 Å². The molecule has 0 unspecified atom stereocenters. The largest absolute Gasteiger partial charge is 0.411 e. The maximum Gasteiger partial charge on any atom is 0.411 e. The van der Waals surface area contributed by atoms with Gasteiger partial charge in [-0.3, -0.25) is 9.71 Å². The first-order valence-electron chi connectivity index (χ1n) is 5.68. The molecule has 0 aliphatic rings. The van der Waals surface area contributed by atoms with E-state index in [1.54, 1.807) is 0 Å². The van der Waals surface area contributed by atoms with E-state index in [1.807, 2.05) is 4.72 Å². The number of ether oxygens (including phenoxy) is 1. The van der Waals surface area contributed by atoms with Crippen LogP contribution in [0.1, 0.15) is 0 Å². The van der Waals surface area contributed by atoms with Crippen LogP contribution in [0.2, 0.25) is 0 Å². The molecule has 118 valence electrons. The summed E-state index contributed by atoms with van der Waals surface area (Å²) in [5.41, 5.74) is 4.56. The van der Waals surface area contributed by atoms with E-state index < -0.39 is 21.9 Å². The van der Waals surface area contributed by atoms with E-state index in [0.717, 1.165) is 23.2 Å². The highest BCUT2D eigenvalue weighted by Crippen LogP contribution is 2.27. The number of sulfonamides is 1. The normalized spacial score (nSPS) is 11.2. The Morgan fingerprint density at radius 1 is 1.50 bits per heavy atom. The van der Waals surface area contributed by atoms with Crippen molar-refractivity contribution in [3.8, 4) is 17.3 Å². The van der Waals surface area contributed by atoms with Gasteiger partial charge in [0.25, 0.3) is 5.88 Å². The average Bonchev–Trinajstić information content (AvgIpc) is 2.72. The molecule has 1 amide bonds. The average molecular weight is 330 g/mol. The van der Waals surface area contributed by atoms with Crippen LogP contribution >= 0.6 is 0 Å². The van der Waals surface area contributed by atoms with E-state index in [-0.39, 0.29) is 23.0 Å². The van der Waals surface area contributed by atoms with Crippen LogP contribution < -0.4 is 15.2 Å². The number of nitrogens with zero attached hydrogens (tertiary/aromatic N) is 4. The van der Waals surface area contributed by atoms with Crippen LogP contribution in [0.15, 0.2) is 12.3 Å². The Balaban J connectivity index is 2.43. The Kier molecular flexibility index (Phi) is 3.95. The van der Waals surface area contributed by atoms with Gasteiger partial charge in [-0.1, -0.05) is 5.21 Å². The van der Waals surface area contributed by atoms with Gasteiger partial charge in [0.1, 0.15) is 5.69 Å². The van der Waals surface area contributed by atoms with Crippen molar-refractivity contribution in [2.24, 2.45) is 12.8 Å². The maximum absolute atomic E-state index is 13.9. The van der Waals surface area contributed by atoms with Crippen LogP contribution in [-0.4, -0.2) is 40.7 Å². The molecule has 2 heterocycles. The number of halogens is 1. The number of anilines is 1. The summed E-state index contributed by atoms with van der Waals surface area (Å²) in [5.74, 6) is -1.01. The molecule has 2 aromatic rings. The summed E-state index contributed by atoms with van der Waals surface area (Å²) in [4.78, 5) is 14.7. The fourth-order valence-corrected chi connectivity index (χ4v) is 2.10. The standard InChI is InChI=1S/C10H11FN6O4S/c1-17-9(21-10(12)18)8(14-16-17)6-3-5(11)7(4-13-6)15-22(2,19)20/h3-4,15H,1-2H3,(H2,12,18). The predicted octanol–water partition coefficient (Wildman–Crippen LogP) is -0.155. The number of hydrogen-bond donors (Lipinski definition) is 2. The number of nitrogens with two attached hydrogens (primary N) is 1. The molecule has 0 aromatic carbocycles. The molecule has 12 heteroatoms. The smallest absolute Gasteiger partial charge is 0.389 e. The minimum atomic E-state index is -3.65. The number of carbonyl (C=O) groups is 1. The summed E-state index contributed by atoms with van der Waals surface area (Å²) in [6, 6.07) is 0.922. The van der Waals surface area contributed by atoms with Crippen molar-refractivity contribution in [3.05, 3.63) is 18.1 Å². The van der Waals surface area contributed by atoms with Gasteiger partial charge in [-0.2, -0.15) is 0 Å². The molecular weight excluding hydrogens is 319 g/mol. The highest BCUT2D eigenvalue weighted by atomic mass is 32.2. The van der Waals surface area contributed by atoms with E-state index in [1.165, 1.54) is 7.05 Å². The van der Waals surface area contributed by atoms with E-state index in [9.17, 15) is 17.6 Å². The number of carbonyl (C=O) groups excluding carboxylic acids is 1. The summed E-state index contributed by atoms with van der Waals surface area (Å²) < 4.78 is 43.9. The summed E-state index contributed by atoms with van der Waals surface area (Å²) in [5, 5.41) is 7.31.